The monoisotopic (exact) mass is 395 g/mol. The molecular weight excluding hydrogens is 374 g/mol. The number of allylic oxidation sites excluding steroid dienone is 1. The van der Waals surface area contributed by atoms with Gasteiger partial charge in [-0.1, -0.05) is 48.5 Å². The van der Waals surface area contributed by atoms with Crippen molar-refractivity contribution in [2.24, 2.45) is 0 Å². The summed E-state index contributed by atoms with van der Waals surface area (Å²) in [6.07, 6.45) is 1.79. The van der Waals surface area contributed by atoms with Crippen molar-refractivity contribution in [1.29, 1.82) is 5.26 Å². The number of nitrogens with one attached hydrogen (secondary N) is 1. The average Bonchev–Trinajstić information content (AvgIpc) is 3.22. The summed E-state index contributed by atoms with van der Waals surface area (Å²) in [6, 6.07) is 25.6. The number of H-pyrrole nitrogens is 1. The van der Waals surface area contributed by atoms with Crippen LogP contribution in [-0.2, 0) is 6.61 Å². The van der Waals surface area contributed by atoms with Crippen molar-refractivity contribution in [1.82, 2.24) is 9.97 Å². The first-order valence-electron chi connectivity index (χ1n) is 9.77. The molecule has 4 aromatic rings. The Morgan fingerprint density at radius 1 is 1.00 bits per heavy atom. The molecule has 5 heteroatoms. The molecule has 0 radical (unpaired) electrons. The predicted octanol–water partition coefficient (Wildman–Crippen LogP) is 5.60. The number of hydrogen-bond donors (Lipinski definition) is 1. The van der Waals surface area contributed by atoms with Crippen molar-refractivity contribution in [3.8, 4) is 17.6 Å². The van der Waals surface area contributed by atoms with E-state index in [1.807, 2.05) is 79.7 Å². The summed E-state index contributed by atoms with van der Waals surface area (Å²) >= 11 is 0. The molecule has 0 fully saturated rings. The lowest BCUT2D eigenvalue weighted by molar-refractivity contribution is 0.269. The van der Waals surface area contributed by atoms with Crippen molar-refractivity contribution in [3.63, 3.8) is 0 Å². The van der Waals surface area contributed by atoms with Crippen LogP contribution in [0.1, 0.15) is 23.9 Å². The quantitative estimate of drug-likeness (QED) is 0.413. The Bertz CT molecular complexity index is 1190. The Hall–Kier alpha value is -4.04. The highest BCUT2D eigenvalue weighted by molar-refractivity contribution is 5.90. The second kappa shape index (κ2) is 8.97. The minimum Gasteiger partial charge on any atom is -0.490 e. The van der Waals surface area contributed by atoms with Crippen LogP contribution in [-0.4, -0.2) is 16.6 Å². The number of nitrogens with zero attached hydrogens (tertiary/aromatic N) is 2. The number of para-hydroxylation sites is 2. The molecule has 1 N–H and O–H groups in total. The molecule has 0 aliphatic rings. The zero-order valence-electron chi connectivity index (χ0n) is 16.6. The van der Waals surface area contributed by atoms with E-state index in [1.54, 1.807) is 6.08 Å². The van der Waals surface area contributed by atoms with Crippen LogP contribution in [0.2, 0.25) is 0 Å². The third-order valence-electron chi connectivity index (χ3n) is 4.58. The zero-order chi connectivity index (χ0) is 20.8. The second-order valence-corrected chi connectivity index (χ2v) is 6.69. The smallest absolute Gasteiger partial charge is 0.161 e. The summed E-state index contributed by atoms with van der Waals surface area (Å²) in [6.45, 7) is 2.90. The number of aromatic nitrogens is 2. The summed E-state index contributed by atoms with van der Waals surface area (Å²) in [5.41, 5.74) is 4.09. The number of ether oxygens (including phenoxy) is 2. The summed E-state index contributed by atoms with van der Waals surface area (Å²) in [5, 5.41) is 9.67. The van der Waals surface area contributed by atoms with Gasteiger partial charge in [-0.15, -0.1) is 0 Å². The lowest BCUT2D eigenvalue weighted by Crippen LogP contribution is -2.00. The maximum absolute atomic E-state index is 9.67. The molecule has 4 rings (SSSR count). The van der Waals surface area contributed by atoms with E-state index in [0.29, 0.717) is 36.1 Å². The van der Waals surface area contributed by atoms with E-state index >= 15 is 0 Å². The Kier molecular flexibility index (Phi) is 5.77. The largest absolute Gasteiger partial charge is 0.490 e. The van der Waals surface area contributed by atoms with E-state index in [0.717, 1.165) is 22.2 Å². The second-order valence-electron chi connectivity index (χ2n) is 6.69. The number of nitriles is 1. The molecule has 0 amide bonds. The first kappa shape index (κ1) is 19.3. The van der Waals surface area contributed by atoms with Crippen molar-refractivity contribution in [2.75, 3.05) is 6.61 Å². The maximum Gasteiger partial charge on any atom is 0.161 e. The Morgan fingerprint density at radius 2 is 1.80 bits per heavy atom. The third kappa shape index (κ3) is 4.34. The predicted molar refractivity (Wildman–Crippen MR) is 118 cm³/mol. The maximum atomic E-state index is 9.67. The lowest BCUT2D eigenvalue weighted by atomic mass is 10.1. The fourth-order valence-corrected chi connectivity index (χ4v) is 3.14. The van der Waals surface area contributed by atoms with Crippen LogP contribution >= 0.6 is 0 Å². The average molecular weight is 395 g/mol. The van der Waals surface area contributed by atoms with Crippen LogP contribution in [0, 0.1) is 11.3 Å². The van der Waals surface area contributed by atoms with Crippen LogP contribution in [0.15, 0.2) is 72.8 Å². The van der Waals surface area contributed by atoms with E-state index in [9.17, 15) is 5.26 Å². The van der Waals surface area contributed by atoms with Gasteiger partial charge in [-0.05, 0) is 48.4 Å². The van der Waals surface area contributed by atoms with Crippen LogP contribution in [0.25, 0.3) is 22.7 Å². The SMILES string of the molecule is CCOc1cc(C=C(C#N)c2nc3ccccc3[nH]2)ccc1OCc1ccccc1. The number of aromatic amines is 1. The van der Waals surface area contributed by atoms with E-state index in [4.69, 9.17) is 9.47 Å². The highest BCUT2D eigenvalue weighted by Gasteiger charge is 2.10. The van der Waals surface area contributed by atoms with Gasteiger partial charge in [-0.2, -0.15) is 5.26 Å². The molecule has 0 spiro atoms. The van der Waals surface area contributed by atoms with Crippen molar-refractivity contribution in [3.05, 3.63) is 89.7 Å². The Morgan fingerprint density at radius 3 is 2.57 bits per heavy atom. The third-order valence-corrected chi connectivity index (χ3v) is 4.58. The van der Waals surface area contributed by atoms with Gasteiger partial charge in [0.15, 0.2) is 11.5 Å². The molecule has 148 valence electrons. The fraction of sp³-hybridized carbons (Fsp3) is 0.120. The molecule has 0 saturated heterocycles. The van der Waals surface area contributed by atoms with E-state index in [-0.39, 0.29) is 0 Å². The summed E-state index contributed by atoms with van der Waals surface area (Å²) in [4.78, 5) is 7.72. The normalized spacial score (nSPS) is 11.3. The van der Waals surface area contributed by atoms with Crippen LogP contribution in [0.4, 0.5) is 0 Å². The molecule has 3 aromatic carbocycles. The van der Waals surface area contributed by atoms with E-state index in [2.05, 4.69) is 16.0 Å². The molecule has 0 atom stereocenters. The van der Waals surface area contributed by atoms with E-state index in [1.165, 1.54) is 0 Å². The number of imidazole rings is 1. The topological polar surface area (TPSA) is 70.9 Å². The van der Waals surface area contributed by atoms with Crippen molar-refractivity contribution in [2.45, 2.75) is 13.5 Å². The van der Waals surface area contributed by atoms with Gasteiger partial charge in [0, 0.05) is 0 Å². The van der Waals surface area contributed by atoms with E-state index < -0.39 is 0 Å². The molecule has 0 aliphatic heterocycles. The molecule has 0 saturated carbocycles. The zero-order valence-corrected chi connectivity index (χ0v) is 16.6. The molecule has 0 bridgehead atoms. The first-order chi connectivity index (χ1) is 14.8. The van der Waals surface area contributed by atoms with Crippen LogP contribution in [0.3, 0.4) is 0 Å². The summed E-state index contributed by atoms with van der Waals surface area (Å²) in [7, 11) is 0. The first-order valence-corrected chi connectivity index (χ1v) is 9.77. The lowest BCUT2D eigenvalue weighted by Gasteiger charge is -2.13. The van der Waals surface area contributed by atoms with Gasteiger partial charge in [0.05, 0.1) is 23.2 Å². The van der Waals surface area contributed by atoms with Gasteiger partial charge in [-0.25, -0.2) is 4.98 Å². The minimum absolute atomic E-state index is 0.451. The number of fused-ring (bicyclic) bond motifs is 1. The van der Waals surface area contributed by atoms with Crippen LogP contribution in [0.5, 0.6) is 11.5 Å². The highest BCUT2D eigenvalue weighted by atomic mass is 16.5. The standard InChI is InChI=1S/C25H21N3O2/c1-2-29-24-15-19(12-13-23(24)30-17-18-8-4-3-5-9-18)14-20(16-26)25-27-21-10-6-7-11-22(21)28-25/h3-15H,2,17H2,1H3,(H,27,28). The van der Waals surface area contributed by atoms with Gasteiger partial charge in [0.25, 0.3) is 0 Å². The molecule has 1 heterocycles. The summed E-state index contributed by atoms with van der Waals surface area (Å²) < 4.78 is 11.7. The van der Waals surface area contributed by atoms with Gasteiger partial charge >= 0.3 is 0 Å². The minimum atomic E-state index is 0.451. The highest BCUT2D eigenvalue weighted by Crippen LogP contribution is 2.31. The molecule has 1 aromatic heterocycles. The Balaban J connectivity index is 1.61. The summed E-state index contributed by atoms with van der Waals surface area (Å²) in [5.74, 6) is 1.85. The van der Waals surface area contributed by atoms with Gasteiger partial charge in [0.1, 0.15) is 18.5 Å². The molecule has 0 unspecified atom stereocenters. The number of benzene rings is 3. The fourth-order valence-electron chi connectivity index (χ4n) is 3.14. The van der Waals surface area contributed by atoms with Crippen molar-refractivity contribution < 1.29 is 9.47 Å². The van der Waals surface area contributed by atoms with Gasteiger partial charge in [0.2, 0.25) is 0 Å². The van der Waals surface area contributed by atoms with Crippen molar-refractivity contribution >= 4 is 22.7 Å². The van der Waals surface area contributed by atoms with Gasteiger partial charge < -0.3 is 14.5 Å². The Labute approximate surface area is 175 Å². The molecule has 30 heavy (non-hydrogen) atoms. The van der Waals surface area contributed by atoms with Crippen LogP contribution < -0.4 is 9.47 Å². The molecular formula is C25H21N3O2. The number of rotatable bonds is 7. The number of hydrogen-bond acceptors (Lipinski definition) is 4. The molecule has 0 aliphatic carbocycles. The molecule has 5 nitrogen and oxygen atoms in total. The van der Waals surface area contributed by atoms with Gasteiger partial charge in [-0.3, -0.25) is 0 Å².